The zero-order chi connectivity index (χ0) is 18.9. The fourth-order valence-corrected chi connectivity index (χ4v) is 3.69. The number of sulfonamides is 1. The first-order chi connectivity index (χ1) is 12.3. The maximum absolute atomic E-state index is 12.8. The first-order valence-corrected chi connectivity index (χ1v) is 10.1. The zero-order valence-electron chi connectivity index (χ0n) is 14.0. The lowest BCUT2D eigenvalue weighted by atomic mass is 10.1. The highest BCUT2D eigenvalue weighted by atomic mass is 79.9. The molecule has 0 fully saturated rings. The smallest absolute Gasteiger partial charge is 0.255 e. The minimum atomic E-state index is -3.88. The normalized spacial score (nSPS) is 11.5. The monoisotopic (exact) mass is 432 g/mol. The third kappa shape index (κ3) is 3.95. The molecule has 0 aliphatic carbocycles. The Kier molecular flexibility index (Phi) is 5.13. The molecule has 0 aromatic heterocycles. The van der Waals surface area contributed by atoms with Gasteiger partial charge in [-0.25, -0.2) is 13.6 Å². The highest BCUT2D eigenvalue weighted by Gasteiger charge is 2.19. The van der Waals surface area contributed by atoms with E-state index in [1.165, 1.54) is 23.1 Å². The van der Waals surface area contributed by atoms with Gasteiger partial charge in [0, 0.05) is 18.1 Å². The van der Waals surface area contributed by atoms with Crippen molar-refractivity contribution in [2.75, 3.05) is 7.05 Å². The number of hydrogen-bond donors (Lipinski definition) is 1. The van der Waals surface area contributed by atoms with E-state index in [4.69, 9.17) is 5.14 Å². The molecule has 3 aromatic carbocycles. The van der Waals surface area contributed by atoms with Crippen LogP contribution < -0.4 is 5.14 Å². The second-order valence-corrected chi connectivity index (χ2v) is 8.45. The van der Waals surface area contributed by atoms with E-state index >= 15 is 0 Å². The molecule has 1 amide bonds. The molecule has 26 heavy (non-hydrogen) atoms. The van der Waals surface area contributed by atoms with Crippen molar-refractivity contribution in [2.45, 2.75) is 11.4 Å². The highest BCUT2D eigenvalue weighted by Crippen LogP contribution is 2.23. The van der Waals surface area contributed by atoms with Crippen molar-refractivity contribution in [3.8, 4) is 0 Å². The highest BCUT2D eigenvalue weighted by molar-refractivity contribution is 9.10. The van der Waals surface area contributed by atoms with Crippen LogP contribution in [0.25, 0.3) is 10.8 Å². The van der Waals surface area contributed by atoms with Crippen LogP contribution in [0.15, 0.2) is 70.0 Å². The molecular weight excluding hydrogens is 416 g/mol. The third-order valence-corrected chi connectivity index (χ3v) is 5.68. The molecule has 7 heteroatoms. The first kappa shape index (κ1) is 18.6. The summed E-state index contributed by atoms with van der Waals surface area (Å²) in [5.41, 5.74) is 1.23. The van der Waals surface area contributed by atoms with Crippen molar-refractivity contribution in [3.63, 3.8) is 0 Å². The summed E-state index contributed by atoms with van der Waals surface area (Å²) in [5.74, 6) is -0.296. The van der Waals surface area contributed by atoms with Gasteiger partial charge in [0.2, 0.25) is 10.0 Å². The van der Waals surface area contributed by atoms with E-state index in [9.17, 15) is 13.2 Å². The number of amides is 1. The van der Waals surface area contributed by atoms with Gasteiger partial charge >= 0.3 is 0 Å². The number of hydrogen-bond acceptors (Lipinski definition) is 3. The van der Waals surface area contributed by atoms with Crippen LogP contribution in [0, 0.1) is 0 Å². The Balaban J connectivity index is 1.87. The molecule has 0 radical (unpaired) electrons. The minimum Gasteiger partial charge on any atom is -0.337 e. The predicted molar refractivity (Wildman–Crippen MR) is 105 cm³/mol. The summed E-state index contributed by atoms with van der Waals surface area (Å²) in [5, 5.41) is 7.39. The Bertz CT molecular complexity index is 1100. The molecule has 134 valence electrons. The van der Waals surface area contributed by atoms with Crippen molar-refractivity contribution < 1.29 is 13.2 Å². The first-order valence-electron chi connectivity index (χ1n) is 7.81. The van der Waals surface area contributed by atoms with Crippen LogP contribution in [-0.2, 0) is 16.6 Å². The zero-order valence-corrected chi connectivity index (χ0v) is 16.4. The molecule has 3 aromatic rings. The van der Waals surface area contributed by atoms with E-state index < -0.39 is 10.0 Å². The lowest BCUT2D eigenvalue weighted by Gasteiger charge is -2.19. The van der Waals surface area contributed by atoms with Gasteiger partial charge in [-0.15, -0.1) is 0 Å². The van der Waals surface area contributed by atoms with Crippen molar-refractivity contribution in [3.05, 3.63) is 76.3 Å². The van der Waals surface area contributed by atoms with Gasteiger partial charge < -0.3 is 4.90 Å². The average Bonchev–Trinajstić information content (AvgIpc) is 2.60. The van der Waals surface area contributed by atoms with E-state index in [0.717, 1.165) is 16.3 Å². The Labute approximate surface area is 160 Å². The van der Waals surface area contributed by atoms with Crippen molar-refractivity contribution in [2.24, 2.45) is 5.14 Å². The molecule has 0 atom stereocenters. The number of halogens is 1. The maximum atomic E-state index is 12.8. The minimum absolute atomic E-state index is 0.0943. The number of carbonyl (C=O) groups is 1. The largest absolute Gasteiger partial charge is 0.337 e. The summed E-state index contributed by atoms with van der Waals surface area (Å²) in [6.45, 7) is 0.399. The standard InChI is InChI=1S/C19H17BrN2O3S/c1-22(12-13-6-7-14-4-2-3-5-15(14)10-13)19(23)17-11-16(26(21,24)25)8-9-18(17)20/h2-11H,12H2,1H3,(H2,21,24,25). The Hall–Kier alpha value is -2.22. The number of rotatable bonds is 4. The molecule has 0 aliphatic heterocycles. The number of nitrogens with zero attached hydrogens (tertiary/aromatic N) is 1. The molecule has 0 unspecified atom stereocenters. The van der Waals surface area contributed by atoms with Gasteiger partial charge in [-0.3, -0.25) is 4.79 Å². The fraction of sp³-hybridized carbons (Fsp3) is 0.105. The number of primary sulfonamides is 1. The summed E-state index contributed by atoms with van der Waals surface area (Å²) in [7, 11) is -2.20. The maximum Gasteiger partial charge on any atom is 0.255 e. The quantitative estimate of drug-likeness (QED) is 0.684. The van der Waals surface area contributed by atoms with Crippen LogP contribution in [0.4, 0.5) is 0 Å². The van der Waals surface area contributed by atoms with Crippen molar-refractivity contribution >= 4 is 42.6 Å². The van der Waals surface area contributed by atoms with Crippen LogP contribution in [0.3, 0.4) is 0 Å². The van der Waals surface area contributed by atoms with E-state index in [1.54, 1.807) is 7.05 Å². The second-order valence-electron chi connectivity index (χ2n) is 6.03. The summed E-state index contributed by atoms with van der Waals surface area (Å²) >= 11 is 3.30. The van der Waals surface area contributed by atoms with Gasteiger partial charge in [0.1, 0.15) is 0 Å². The number of nitrogens with two attached hydrogens (primary N) is 1. The van der Waals surface area contributed by atoms with Crippen LogP contribution >= 0.6 is 15.9 Å². The fourth-order valence-electron chi connectivity index (χ4n) is 2.73. The Morgan fingerprint density at radius 1 is 1.04 bits per heavy atom. The van der Waals surface area contributed by atoms with Gasteiger partial charge in [0.05, 0.1) is 10.5 Å². The van der Waals surface area contributed by atoms with E-state index in [1.807, 2.05) is 42.5 Å². The van der Waals surface area contributed by atoms with Gasteiger partial charge in [-0.2, -0.15) is 0 Å². The molecule has 0 spiro atoms. The third-order valence-electron chi connectivity index (χ3n) is 4.08. The summed E-state index contributed by atoms with van der Waals surface area (Å²) in [4.78, 5) is 14.2. The summed E-state index contributed by atoms with van der Waals surface area (Å²) in [6, 6.07) is 18.2. The van der Waals surface area contributed by atoms with Crippen LogP contribution in [0.2, 0.25) is 0 Å². The summed E-state index contributed by atoms with van der Waals surface area (Å²) < 4.78 is 23.6. The lowest BCUT2D eigenvalue weighted by molar-refractivity contribution is 0.0784. The molecule has 0 heterocycles. The second kappa shape index (κ2) is 7.19. The average molecular weight is 433 g/mol. The van der Waals surface area contributed by atoms with Crippen LogP contribution in [-0.4, -0.2) is 26.3 Å². The Morgan fingerprint density at radius 3 is 2.42 bits per heavy atom. The molecule has 2 N–H and O–H groups in total. The van der Waals surface area contributed by atoms with Gasteiger partial charge in [-0.1, -0.05) is 36.4 Å². The van der Waals surface area contributed by atoms with E-state index in [-0.39, 0.29) is 16.4 Å². The number of fused-ring (bicyclic) bond motifs is 1. The topological polar surface area (TPSA) is 80.5 Å². The van der Waals surface area contributed by atoms with Crippen molar-refractivity contribution in [1.29, 1.82) is 0 Å². The van der Waals surface area contributed by atoms with E-state index in [0.29, 0.717) is 11.0 Å². The Morgan fingerprint density at radius 2 is 1.73 bits per heavy atom. The molecule has 0 bridgehead atoms. The number of carbonyl (C=O) groups excluding carboxylic acids is 1. The van der Waals surface area contributed by atoms with Gasteiger partial charge in [0.15, 0.2) is 0 Å². The molecular formula is C19H17BrN2O3S. The molecule has 5 nitrogen and oxygen atoms in total. The van der Waals surface area contributed by atoms with E-state index in [2.05, 4.69) is 15.9 Å². The SMILES string of the molecule is CN(Cc1ccc2ccccc2c1)C(=O)c1cc(S(N)(=O)=O)ccc1Br. The molecule has 0 aliphatic rings. The van der Waals surface area contributed by atoms with Crippen LogP contribution in [0.5, 0.6) is 0 Å². The van der Waals surface area contributed by atoms with Crippen LogP contribution in [0.1, 0.15) is 15.9 Å². The molecule has 3 rings (SSSR count). The van der Waals surface area contributed by atoms with Gasteiger partial charge in [0.25, 0.3) is 5.91 Å². The summed E-state index contributed by atoms with van der Waals surface area (Å²) in [6.07, 6.45) is 0. The molecule has 0 saturated carbocycles. The molecule has 0 saturated heterocycles. The lowest BCUT2D eigenvalue weighted by Crippen LogP contribution is -2.27. The predicted octanol–water partition coefficient (Wildman–Crippen LogP) is 3.52. The number of benzene rings is 3. The van der Waals surface area contributed by atoms with Crippen molar-refractivity contribution in [1.82, 2.24) is 4.90 Å². The van der Waals surface area contributed by atoms with Gasteiger partial charge in [-0.05, 0) is 56.5 Å².